The van der Waals surface area contributed by atoms with Crippen molar-refractivity contribution in [3.8, 4) is 0 Å². The molecule has 1 fully saturated rings. The maximum Gasteiger partial charge on any atom is 0.225 e. The highest BCUT2D eigenvalue weighted by molar-refractivity contribution is 5.35. The number of hydrogen-bond donors (Lipinski definition) is 0. The van der Waals surface area contributed by atoms with Gasteiger partial charge in [0.1, 0.15) is 0 Å². The Hall–Kier alpha value is -1.98. The second-order valence-corrected chi connectivity index (χ2v) is 7.45. The van der Waals surface area contributed by atoms with Gasteiger partial charge in [-0.05, 0) is 24.6 Å². The van der Waals surface area contributed by atoms with Crippen LogP contribution in [0.15, 0.2) is 30.5 Å². The van der Waals surface area contributed by atoms with Gasteiger partial charge in [-0.3, -0.25) is 4.90 Å². The van der Waals surface area contributed by atoms with Crippen LogP contribution in [0.5, 0.6) is 0 Å². The molecule has 5 heteroatoms. The quantitative estimate of drug-likeness (QED) is 0.846. The van der Waals surface area contributed by atoms with Gasteiger partial charge in [-0.1, -0.05) is 31.2 Å². The number of piperazine rings is 1. The Kier molecular flexibility index (Phi) is 5.18. The third-order valence-electron chi connectivity index (χ3n) is 5.76. The van der Waals surface area contributed by atoms with Gasteiger partial charge < -0.3 is 9.80 Å². The summed E-state index contributed by atoms with van der Waals surface area (Å²) in [5.41, 5.74) is 5.33. The zero-order chi connectivity index (χ0) is 17.9. The molecule has 4 rings (SSSR count). The predicted octanol–water partition coefficient (Wildman–Crippen LogP) is 2.49. The molecule has 0 bridgehead atoms. The number of rotatable bonds is 4. The molecule has 1 saturated heterocycles. The number of nitrogens with zero attached hydrogens (tertiary/aromatic N) is 5. The summed E-state index contributed by atoms with van der Waals surface area (Å²) in [7, 11) is 0. The van der Waals surface area contributed by atoms with Crippen molar-refractivity contribution in [2.45, 2.75) is 33.4 Å². The molecule has 138 valence electrons. The van der Waals surface area contributed by atoms with Crippen LogP contribution in [0.2, 0.25) is 0 Å². The summed E-state index contributed by atoms with van der Waals surface area (Å²) in [6, 6.07) is 8.68. The Balaban J connectivity index is 1.42. The van der Waals surface area contributed by atoms with Crippen LogP contribution in [0.3, 0.4) is 0 Å². The van der Waals surface area contributed by atoms with Crippen molar-refractivity contribution in [2.75, 3.05) is 44.2 Å². The van der Waals surface area contributed by atoms with Crippen LogP contribution in [0.1, 0.15) is 29.3 Å². The molecular formula is C21H29N5. The second kappa shape index (κ2) is 7.72. The maximum absolute atomic E-state index is 4.92. The van der Waals surface area contributed by atoms with E-state index in [0.717, 1.165) is 64.7 Å². The first-order chi connectivity index (χ1) is 12.7. The van der Waals surface area contributed by atoms with Crippen molar-refractivity contribution in [1.29, 1.82) is 0 Å². The Morgan fingerprint density at radius 2 is 1.81 bits per heavy atom. The first-order valence-electron chi connectivity index (χ1n) is 9.82. The zero-order valence-corrected chi connectivity index (χ0v) is 16.0. The van der Waals surface area contributed by atoms with Crippen molar-refractivity contribution in [3.05, 3.63) is 52.8 Å². The predicted molar refractivity (Wildman–Crippen MR) is 105 cm³/mol. The van der Waals surface area contributed by atoms with E-state index < -0.39 is 0 Å². The summed E-state index contributed by atoms with van der Waals surface area (Å²) >= 11 is 0. The van der Waals surface area contributed by atoms with Gasteiger partial charge in [0.25, 0.3) is 0 Å². The van der Waals surface area contributed by atoms with Crippen molar-refractivity contribution in [3.63, 3.8) is 0 Å². The molecule has 3 heterocycles. The van der Waals surface area contributed by atoms with Crippen molar-refractivity contribution in [2.24, 2.45) is 0 Å². The smallest absolute Gasteiger partial charge is 0.225 e. The summed E-state index contributed by atoms with van der Waals surface area (Å²) in [5, 5.41) is 0. The third-order valence-corrected chi connectivity index (χ3v) is 5.76. The lowest BCUT2D eigenvalue weighted by Gasteiger charge is -2.35. The molecule has 26 heavy (non-hydrogen) atoms. The van der Waals surface area contributed by atoms with Gasteiger partial charge in [0.05, 0.1) is 5.69 Å². The summed E-state index contributed by atoms with van der Waals surface area (Å²) < 4.78 is 0. The van der Waals surface area contributed by atoms with Crippen LogP contribution >= 0.6 is 0 Å². The van der Waals surface area contributed by atoms with E-state index in [1.807, 2.05) is 0 Å². The lowest BCUT2D eigenvalue weighted by Crippen LogP contribution is -2.47. The molecule has 2 aromatic rings. The molecule has 2 aliphatic heterocycles. The summed E-state index contributed by atoms with van der Waals surface area (Å²) in [5.74, 6) is 0.923. The first kappa shape index (κ1) is 17.4. The fourth-order valence-electron chi connectivity index (χ4n) is 3.94. The monoisotopic (exact) mass is 351 g/mol. The fraction of sp³-hybridized carbons (Fsp3) is 0.524. The second-order valence-electron chi connectivity index (χ2n) is 7.45. The van der Waals surface area contributed by atoms with Gasteiger partial charge >= 0.3 is 0 Å². The van der Waals surface area contributed by atoms with Crippen LogP contribution in [0, 0.1) is 6.92 Å². The summed E-state index contributed by atoms with van der Waals surface area (Å²) in [6.45, 7) is 12.9. The van der Waals surface area contributed by atoms with Gasteiger partial charge in [-0.25, -0.2) is 9.97 Å². The van der Waals surface area contributed by atoms with Crippen molar-refractivity contribution in [1.82, 2.24) is 19.8 Å². The fourth-order valence-corrected chi connectivity index (χ4v) is 3.94. The largest absolute Gasteiger partial charge is 0.338 e. The van der Waals surface area contributed by atoms with E-state index in [1.165, 1.54) is 22.4 Å². The molecule has 0 N–H and O–H groups in total. The minimum atomic E-state index is 0.923. The lowest BCUT2D eigenvalue weighted by molar-refractivity contribution is 0.242. The molecule has 5 nitrogen and oxygen atoms in total. The van der Waals surface area contributed by atoms with Crippen LogP contribution in [-0.2, 0) is 19.5 Å². The number of aryl methyl sites for hydroxylation is 1. The molecular weight excluding hydrogens is 322 g/mol. The third kappa shape index (κ3) is 3.74. The number of fused-ring (bicyclic) bond motifs is 1. The van der Waals surface area contributed by atoms with E-state index in [-0.39, 0.29) is 0 Å². The normalized spacial score (nSPS) is 18.8. The molecule has 0 aliphatic carbocycles. The van der Waals surface area contributed by atoms with E-state index in [0.29, 0.717) is 0 Å². The summed E-state index contributed by atoms with van der Waals surface area (Å²) in [4.78, 5) is 16.9. The molecule has 0 amide bonds. The van der Waals surface area contributed by atoms with Gasteiger partial charge in [-0.2, -0.15) is 0 Å². The number of anilines is 1. The molecule has 0 unspecified atom stereocenters. The van der Waals surface area contributed by atoms with Gasteiger partial charge in [0.15, 0.2) is 0 Å². The van der Waals surface area contributed by atoms with Crippen molar-refractivity contribution < 1.29 is 0 Å². The standard InChI is InChI=1S/C21H29N5/c1-3-24-10-12-26(13-11-24)21-22-14-19-16-25(9-8-20(19)23-21)15-18-7-5-4-6-17(18)2/h4-7,14H,3,8-13,15-16H2,1-2H3. The highest BCUT2D eigenvalue weighted by Gasteiger charge is 2.22. The average molecular weight is 351 g/mol. The Morgan fingerprint density at radius 3 is 2.58 bits per heavy atom. The van der Waals surface area contributed by atoms with Crippen LogP contribution in [-0.4, -0.2) is 59.0 Å². The summed E-state index contributed by atoms with van der Waals surface area (Å²) in [6.07, 6.45) is 3.08. The SMILES string of the molecule is CCN1CCN(c2ncc3c(n2)CCN(Cc2ccccc2C)C3)CC1. The first-order valence-corrected chi connectivity index (χ1v) is 9.82. The van der Waals surface area contributed by atoms with Crippen molar-refractivity contribution >= 4 is 5.95 Å². The highest BCUT2D eigenvalue weighted by Crippen LogP contribution is 2.22. The van der Waals surface area contributed by atoms with E-state index in [1.54, 1.807) is 0 Å². The molecule has 1 aromatic heterocycles. The maximum atomic E-state index is 4.92. The van der Waals surface area contributed by atoms with Gasteiger partial charge in [0.2, 0.25) is 5.95 Å². The lowest BCUT2D eigenvalue weighted by atomic mass is 10.0. The van der Waals surface area contributed by atoms with E-state index in [9.17, 15) is 0 Å². The molecule has 2 aliphatic rings. The van der Waals surface area contributed by atoms with Gasteiger partial charge in [0, 0.05) is 64.0 Å². The molecule has 0 atom stereocenters. The Bertz CT molecular complexity index is 752. The topological polar surface area (TPSA) is 35.5 Å². The minimum Gasteiger partial charge on any atom is -0.338 e. The zero-order valence-electron chi connectivity index (χ0n) is 16.0. The van der Waals surface area contributed by atoms with E-state index in [2.05, 4.69) is 59.0 Å². The number of likely N-dealkylation sites (N-methyl/N-ethyl adjacent to an activating group) is 1. The number of hydrogen-bond acceptors (Lipinski definition) is 5. The van der Waals surface area contributed by atoms with E-state index in [4.69, 9.17) is 9.97 Å². The Labute approximate surface area is 156 Å². The molecule has 1 aromatic carbocycles. The number of aromatic nitrogens is 2. The molecule has 0 radical (unpaired) electrons. The molecule has 0 saturated carbocycles. The van der Waals surface area contributed by atoms with Crippen LogP contribution in [0.4, 0.5) is 5.95 Å². The minimum absolute atomic E-state index is 0.923. The van der Waals surface area contributed by atoms with Crippen LogP contribution < -0.4 is 4.90 Å². The van der Waals surface area contributed by atoms with Gasteiger partial charge in [-0.15, -0.1) is 0 Å². The number of benzene rings is 1. The van der Waals surface area contributed by atoms with E-state index >= 15 is 0 Å². The molecule has 0 spiro atoms. The average Bonchev–Trinajstić information content (AvgIpc) is 2.69. The van der Waals surface area contributed by atoms with Crippen LogP contribution in [0.25, 0.3) is 0 Å². The highest BCUT2D eigenvalue weighted by atomic mass is 15.3. The Morgan fingerprint density at radius 1 is 1.00 bits per heavy atom.